The van der Waals surface area contributed by atoms with Crippen molar-refractivity contribution in [1.29, 1.82) is 0 Å². The van der Waals surface area contributed by atoms with Gasteiger partial charge in [0.1, 0.15) is 11.6 Å². The van der Waals surface area contributed by atoms with Crippen LogP contribution in [0.2, 0.25) is 0 Å². The average Bonchev–Trinajstić information content (AvgIpc) is 2.68. The molecule has 0 saturated heterocycles. The Morgan fingerprint density at radius 1 is 1.27 bits per heavy atom. The Kier molecular flexibility index (Phi) is 5.73. The SMILES string of the molecule is CCN(CC)CCc1cc(N2C(=O)NCc3cccnc32)ccc1OC. The van der Waals surface area contributed by atoms with Crippen LogP contribution in [-0.2, 0) is 13.0 Å². The lowest BCUT2D eigenvalue weighted by Crippen LogP contribution is -2.41. The molecule has 2 aromatic rings. The second-order valence-corrected chi connectivity index (χ2v) is 6.25. The molecule has 0 bridgehead atoms. The number of methoxy groups -OCH3 is 1. The van der Waals surface area contributed by atoms with E-state index < -0.39 is 0 Å². The Morgan fingerprint density at radius 2 is 2.08 bits per heavy atom. The van der Waals surface area contributed by atoms with E-state index >= 15 is 0 Å². The highest BCUT2D eigenvalue weighted by molar-refractivity contribution is 6.00. The molecule has 1 aromatic heterocycles. The van der Waals surface area contributed by atoms with Gasteiger partial charge in [-0.25, -0.2) is 14.7 Å². The van der Waals surface area contributed by atoms with Crippen LogP contribution in [-0.4, -0.2) is 42.7 Å². The van der Waals surface area contributed by atoms with Crippen molar-refractivity contribution in [2.75, 3.05) is 31.6 Å². The molecule has 1 aliphatic rings. The molecule has 138 valence electrons. The van der Waals surface area contributed by atoms with E-state index in [1.165, 1.54) is 0 Å². The predicted molar refractivity (Wildman–Crippen MR) is 103 cm³/mol. The van der Waals surface area contributed by atoms with Gasteiger partial charge < -0.3 is 15.0 Å². The molecule has 0 saturated carbocycles. The fourth-order valence-electron chi connectivity index (χ4n) is 3.27. The summed E-state index contributed by atoms with van der Waals surface area (Å²) >= 11 is 0. The number of pyridine rings is 1. The normalized spacial score (nSPS) is 13.5. The molecule has 0 fully saturated rings. The Bertz CT molecular complexity index is 774. The minimum atomic E-state index is -0.156. The number of carbonyl (C=O) groups excluding carboxylic acids is 1. The monoisotopic (exact) mass is 354 g/mol. The highest BCUT2D eigenvalue weighted by Gasteiger charge is 2.26. The summed E-state index contributed by atoms with van der Waals surface area (Å²) < 4.78 is 5.53. The van der Waals surface area contributed by atoms with Crippen LogP contribution >= 0.6 is 0 Å². The van der Waals surface area contributed by atoms with Crippen molar-refractivity contribution in [3.63, 3.8) is 0 Å². The number of hydrogen-bond donors (Lipinski definition) is 1. The third kappa shape index (κ3) is 3.65. The number of rotatable bonds is 7. The number of ether oxygens (including phenoxy) is 1. The first-order valence-corrected chi connectivity index (χ1v) is 9.09. The van der Waals surface area contributed by atoms with Crippen LogP contribution in [0.3, 0.4) is 0 Å². The molecule has 0 unspecified atom stereocenters. The molecule has 0 spiro atoms. The van der Waals surface area contributed by atoms with E-state index in [1.807, 2.05) is 30.3 Å². The number of nitrogens with zero attached hydrogens (tertiary/aromatic N) is 3. The summed E-state index contributed by atoms with van der Waals surface area (Å²) in [5, 5.41) is 2.91. The maximum atomic E-state index is 12.5. The van der Waals surface area contributed by atoms with Crippen molar-refractivity contribution in [3.05, 3.63) is 47.7 Å². The van der Waals surface area contributed by atoms with E-state index in [1.54, 1.807) is 18.2 Å². The van der Waals surface area contributed by atoms with Crippen LogP contribution in [0.4, 0.5) is 16.3 Å². The van der Waals surface area contributed by atoms with Crippen LogP contribution in [0.15, 0.2) is 36.5 Å². The van der Waals surface area contributed by atoms with Gasteiger partial charge in [0.15, 0.2) is 0 Å². The smallest absolute Gasteiger partial charge is 0.327 e. The molecule has 1 aliphatic heterocycles. The van der Waals surface area contributed by atoms with Gasteiger partial charge in [0.25, 0.3) is 0 Å². The average molecular weight is 354 g/mol. The van der Waals surface area contributed by atoms with Gasteiger partial charge in [-0.15, -0.1) is 0 Å². The van der Waals surface area contributed by atoms with Gasteiger partial charge in [-0.2, -0.15) is 0 Å². The summed E-state index contributed by atoms with van der Waals surface area (Å²) in [6, 6.07) is 9.58. The predicted octanol–water partition coefficient (Wildman–Crippen LogP) is 3.34. The molecule has 1 aromatic carbocycles. The van der Waals surface area contributed by atoms with E-state index in [9.17, 15) is 4.79 Å². The molecule has 0 radical (unpaired) electrons. The second kappa shape index (κ2) is 8.19. The molecule has 6 heteroatoms. The molecule has 3 rings (SSSR count). The van der Waals surface area contributed by atoms with Crippen LogP contribution in [0.5, 0.6) is 5.75 Å². The fraction of sp³-hybridized carbons (Fsp3) is 0.400. The van der Waals surface area contributed by atoms with Crippen LogP contribution in [0, 0.1) is 0 Å². The highest BCUT2D eigenvalue weighted by Crippen LogP contribution is 2.33. The standard InChI is InChI=1S/C20H26N4O2/c1-4-23(5-2)12-10-15-13-17(8-9-18(15)26-3)24-19-16(7-6-11-21-19)14-22-20(24)25/h6-9,11,13H,4-5,10,12,14H2,1-3H3,(H,22,25). The van der Waals surface area contributed by atoms with Crippen molar-refractivity contribution in [1.82, 2.24) is 15.2 Å². The largest absolute Gasteiger partial charge is 0.496 e. The van der Waals surface area contributed by atoms with Gasteiger partial charge in [0.05, 0.1) is 12.8 Å². The molecule has 0 aliphatic carbocycles. The molecule has 2 heterocycles. The zero-order chi connectivity index (χ0) is 18.5. The van der Waals surface area contributed by atoms with Gasteiger partial charge in [0, 0.05) is 24.8 Å². The lowest BCUT2D eigenvalue weighted by Gasteiger charge is -2.29. The van der Waals surface area contributed by atoms with Crippen molar-refractivity contribution >= 4 is 17.5 Å². The number of hydrogen-bond acceptors (Lipinski definition) is 4. The van der Waals surface area contributed by atoms with Gasteiger partial charge >= 0.3 is 6.03 Å². The van der Waals surface area contributed by atoms with Gasteiger partial charge in [0.2, 0.25) is 0 Å². The van der Waals surface area contributed by atoms with Crippen molar-refractivity contribution in [2.24, 2.45) is 0 Å². The summed E-state index contributed by atoms with van der Waals surface area (Å²) in [5.74, 6) is 1.54. The van der Waals surface area contributed by atoms with Gasteiger partial charge in [-0.3, -0.25) is 0 Å². The van der Waals surface area contributed by atoms with E-state index in [-0.39, 0.29) is 6.03 Å². The summed E-state index contributed by atoms with van der Waals surface area (Å²) in [5.41, 5.74) is 2.90. The first-order chi connectivity index (χ1) is 12.7. The van der Waals surface area contributed by atoms with Crippen LogP contribution in [0.25, 0.3) is 0 Å². The zero-order valence-corrected chi connectivity index (χ0v) is 15.7. The van der Waals surface area contributed by atoms with Crippen molar-refractivity contribution in [3.8, 4) is 5.75 Å². The lowest BCUT2D eigenvalue weighted by atomic mass is 10.1. The summed E-state index contributed by atoms with van der Waals surface area (Å²) in [4.78, 5) is 21.0. The second-order valence-electron chi connectivity index (χ2n) is 6.25. The van der Waals surface area contributed by atoms with E-state index in [0.717, 1.165) is 48.6 Å². The number of anilines is 2. The topological polar surface area (TPSA) is 57.7 Å². The number of urea groups is 1. The molecular formula is C20H26N4O2. The summed E-state index contributed by atoms with van der Waals surface area (Å²) in [6.07, 6.45) is 2.58. The van der Waals surface area contributed by atoms with E-state index in [0.29, 0.717) is 12.4 Å². The molecule has 6 nitrogen and oxygen atoms in total. The van der Waals surface area contributed by atoms with E-state index in [4.69, 9.17) is 4.74 Å². The molecule has 1 N–H and O–H groups in total. The number of carbonyl (C=O) groups is 1. The van der Waals surface area contributed by atoms with Crippen LogP contribution in [0.1, 0.15) is 25.0 Å². The number of amides is 2. The Labute approximate surface area is 154 Å². The third-order valence-corrected chi connectivity index (χ3v) is 4.83. The Morgan fingerprint density at radius 3 is 2.81 bits per heavy atom. The number of nitrogens with one attached hydrogen (secondary N) is 1. The van der Waals surface area contributed by atoms with Crippen LogP contribution < -0.4 is 15.0 Å². The first kappa shape index (κ1) is 18.2. The Balaban J connectivity index is 1.93. The zero-order valence-electron chi connectivity index (χ0n) is 15.7. The molecular weight excluding hydrogens is 328 g/mol. The number of fused-ring (bicyclic) bond motifs is 1. The summed E-state index contributed by atoms with van der Waals surface area (Å²) in [6.45, 7) is 7.82. The third-order valence-electron chi connectivity index (χ3n) is 4.83. The van der Waals surface area contributed by atoms with Gasteiger partial charge in [-0.05, 0) is 49.3 Å². The quantitative estimate of drug-likeness (QED) is 0.828. The Hall–Kier alpha value is -2.60. The fourth-order valence-corrected chi connectivity index (χ4v) is 3.27. The van der Waals surface area contributed by atoms with Crippen molar-refractivity contribution in [2.45, 2.75) is 26.8 Å². The highest BCUT2D eigenvalue weighted by atomic mass is 16.5. The van der Waals surface area contributed by atoms with Gasteiger partial charge in [-0.1, -0.05) is 19.9 Å². The number of benzene rings is 1. The molecule has 26 heavy (non-hydrogen) atoms. The number of likely N-dealkylation sites (N-methyl/N-ethyl adjacent to an activating group) is 1. The van der Waals surface area contributed by atoms with E-state index in [2.05, 4.69) is 29.0 Å². The lowest BCUT2D eigenvalue weighted by molar-refractivity contribution is 0.247. The first-order valence-electron chi connectivity index (χ1n) is 9.09. The maximum Gasteiger partial charge on any atom is 0.327 e. The number of aromatic nitrogens is 1. The minimum absolute atomic E-state index is 0.156. The summed E-state index contributed by atoms with van der Waals surface area (Å²) in [7, 11) is 1.68. The maximum absolute atomic E-state index is 12.5. The van der Waals surface area contributed by atoms with Crippen molar-refractivity contribution < 1.29 is 9.53 Å². The molecule has 2 amide bonds. The molecule has 0 atom stereocenters. The minimum Gasteiger partial charge on any atom is -0.496 e.